The number of halogens is 2. The van der Waals surface area contributed by atoms with Crippen LogP contribution >= 0.6 is 11.6 Å². The van der Waals surface area contributed by atoms with E-state index in [4.69, 9.17) is 11.6 Å². The predicted molar refractivity (Wildman–Crippen MR) is 79.1 cm³/mol. The van der Waals surface area contributed by atoms with Gasteiger partial charge in [-0.3, -0.25) is 4.72 Å². The summed E-state index contributed by atoms with van der Waals surface area (Å²) >= 11 is 5.55. The lowest BCUT2D eigenvalue weighted by Gasteiger charge is -2.23. The van der Waals surface area contributed by atoms with E-state index in [9.17, 15) is 12.8 Å². The number of anilines is 1. The lowest BCUT2D eigenvalue weighted by Crippen LogP contribution is -2.36. The summed E-state index contributed by atoms with van der Waals surface area (Å²) in [6.45, 7) is 0.945. The molecule has 0 saturated carbocycles. The highest BCUT2D eigenvalue weighted by Crippen LogP contribution is 2.20. The van der Waals surface area contributed by atoms with E-state index in [1.165, 1.54) is 12.1 Å². The molecule has 2 rings (SSSR count). The average molecular weight is 321 g/mol. The van der Waals surface area contributed by atoms with E-state index in [0.29, 0.717) is 6.42 Å². The molecule has 7 heteroatoms. The first-order valence-electron chi connectivity index (χ1n) is 6.65. The first-order valence-corrected chi connectivity index (χ1v) is 8.68. The summed E-state index contributed by atoms with van der Waals surface area (Å²) in [7, 11) is -3.46. The van der Waals surface area contributed by atoms with Crippen molar-refractivity contribution in [1.29, 1.82) is 0 Å². The van der Waals surface area contributed by atoms with Gasteiger partial charge >= 0.3 is 0 Å². The molecule has 0 bridgehead atoms. The van der Waals surface area contributed by atoms with Crippen LogP contribution in [0.3, 0.4) is 0 Å². The normalized spacial score (nSPS) is 19.8. The molecule has 0 spiro atoms. The maximum absolute atomic E-state index is 13.3. The van der Waals surface area contributed by atoms with Gasteiger partial charge in [-0.2, -0.15) is 0 Å². The van der Waals surface area contributed by atoms with Crippen LogP contribution in [0.4, 0.5) is 10.1 Å². The van der Waals surface area contributed by atoms with Gasteiger partial charge in [0.15, 0.2) is 0 Å². The Labute approximate surface area is 123 Å². The summed E-state index contributed by atoms with van der Waals surface area (Å²) in [6, 6.07) is 4.11. The fourth-order valence-electron chi connectivity index (χ4n) is 2.26. The number of piperidine rings is 1. The molecule has 1 fully saturated rings. The molecule has 112 valence electrons. The summed E-state index contributed by atoms with van der Waals surface area (Å²) in [5.74, 6) is -0.615. The Morgan fingerprint density at radius 3 is 2.85 bits per heavy atom. The van der Waals surface area contributed by atoms with Crippen LogP contribution in [0.1, 0.15) is 25.7 Å². The van der Waals surface area contributed by atoms with E-state index < -0.39 is 15.8 Å². The van der Waals surface area contributed by atoms with Crippen molar-refractivity contribution in [3.8, 4) is 0 Å². The van der Waals surface area contributed by atoms with Gasteiger partial charge in [-0.25, -0.2) is 12.8 Å². The maximum Gasteiger partial charge on any atom is 0.232 e. The minimum absolute atomic E-state index is 0.0227. The van der Waals surface area contributed by atoms with Gasteiger partial charge in [-0.15, -0.1) is 0 Å². The van der Waals surface area contributed by atoms with Crippen LogP contribution in [0.25, 0.3) is 0 Å². The van der Waals surface area contributed by atoms with E-state index in [2.05, 4.69) is 10.0 Å². The van der Waals surface area contributed by atoms with Crippen LogP contribution in [0.15, 0.2) is 18.2 Å². The smallest absolute Gasteiger partial charge is 0.232 e. The monoisotopic (exact) mass is 320 g/mol. The van der Waals surface area contributed by atoms with Gasteiger partial charge in [0.1, 0.15) is 5.82 Å². The lowest BCUT2D eigenvalue weighted by atomic mass is 10.0. The number of sulfonamides is 1. The molecular formula is C13H18ClFN2O2S. The third-order valence-electron chi connectivity index (χ3n) is 3.34. The Morgan fingerprint density at radius 2 is 2.20 bits per heavy atom. The van der Waals surface area contributed by atoms with Crippen molar-refractivity contribution in [3.05, 3.63) is 29.0 Å². The van der Waals surface area contributed by atoms with Crippen LogP contribution < -0.4 is 10.0 Å². The zero-order valence-corrected chi connectivity index (χ0v) is 12.6. The highest BCUT2D eigenvalue weighted by molar-refractivity contribution is 7.92. The highest BCUT2D eigenvalue weighted by Gasteiger charge is 2.17. The molecule has 1 aliphatic rings. The third kappa shape index (κ3) is 4.61. The van der Waals surface area contributed by atoms with Gasteiger partial charge in [0.05, 0.1) is 16.5 Å². The number of nitrogens with one attached hydrogen (secondary N) is 2. The molecule has 0 radical (unpaired) electrons. The number of hydrogen-bond acceptors (Lipinski definition) is 3. The molecule has 1 aliphatic heterocycles. The minimum Gasteiger partial charge on any atom is -0.314 e. The van der Waals surface area contributed by atoms with Crippen molar-refractivity contribution >= 4 is 27.3 Å². The largest absolute Gasteiger partial charge is 0.314 e. The lowest BCUT2D eigenvalue weighted by molar-refractivity contribution is 0.393. The molecule has 1 unspecified atom stereocenters. The second-order valence-electron chi connectivity index (χ2n) is 4.99. The standard InChI is InChI=1S/C13H18ClFN2O2S/c14-12-5-4-11(9-13(12)15)17-20(18,19)8-6-10-3-1-2-7-16-10/h4-5,9-10,16-17H,1-3,6-8H2. The maximum atomic E-state index is 13.3. The fraction of sp³-hybridized carbons (Fsp3) is 0.538. The topological polar surface area (TPSA) is 58.2 Å². The SMILES string of the molecule is O=S(=O)(CCC1CCCCN1)Nc1ccc(Cl)c(F)c1. The van der Waals surface area contributed by atoms with Crippen molar-refractivity contribution in [1.82, 2.24) is 5.32 Å². The van der Waals surface area contributed by atoms with Gasteiger partial charge in [0, 0.05) is 6.04 Å². The number of rotatable bonds is 5. The Hall–Kier alpha value is -0.850. The van der Waals surface area contributed by atoms with Gasteiger partial charge in [-0.1, -0.05) is 18.0 Å². The fourth-order valence-corrected chi connectivity index (χ4v) is 3.56. The van der Waals surface area contributed by atoms with E-state index in [0.717, 1.165) is 31.9 Å². The molecule has 0 aromatic heterocycles. The molecule has 1 atom stereocenters. The summed E-state index contributed by atoms with van der Waals surface area (Å²) < 4.78 is 39.5. The molecule has 1 aromatic rings. The number of benzene rings is 1. The second-order valence-corrected chi connectivity index (χ2v) is 7.23. The van der Waals surface area contributed by atoms with Gasteiger partial charge < -0.3 is 5.32 Å². The molecule has 2 N–H and O–H groups in total. The van der Waals surface area contributed by atoms with Crippen molar-refractivity contribution in [2.75, 3.05) is 17.0 Å². The van der Waals surface area contributed by atoms with Crippen molar-refractivity contribution < 1.29 is 12.8 Å². The molecule has 4 nitrogen and oxygen atoms in total. The second kappa shape index (κ2) is 6.74. The number of hydrogen-bond donors (Lipinski definition) is 2. The van der Waals surface area contributed by atoms with Gasteiger partial charge in [0.2, 0.25) is 10.0 Å². The predicted octanol–water partition coefficient (Wildman–Crippen LogP) is 2.75. The zero-order valence-electron chi connectivity index (χ0n) is 11.0. The van der Waals surface area contributed by atoms with Crippen molar-refractivity contribution in [2.24, 2.45) is 0 Å². The zero-order chi connectivity index (χ0) is 14.6. The Bertz CT molecular complexity index is 559. The Morgan fingerprint density at radius 1 is 1.40 bits per heavy atom. The molecular weight excluding hydrogens is 303 g/mol. The minimum atomic E-state index is -3.46. The van der Waals surface area contributed by atoms with E-state index >= 15 is 0 Å². The van der Waals surface area contributed by atoms with Gasteiger partial charge in [-0.05, 0) is 44.0 Å². The first-order chi connectivity index (χ1) is 9.46. The van der Waals surface area contributed by atoms with Gasteiger partial charge in [0.25, 0.3) is 0 Å². The van der Waals surface area contributed by atoms with Crippen LogP contribution in [0, 0.1) is 5.82 Å². The Kier molecular flexibility index (Phi) is 5.23. The molecule has 20 heavy (non-hydrogen) atoms. The summed E-state index contributed by atoms with van der Waals surface area (Å²) in [5.41, 5.74) is 0.198. The summed E-state index contributed by atoms with van der Waals surface area (Å²) in [5, 5.41) is 3.27. The molecule has 1 aromatic carbocycles. The van der Waals surface area contributed by atoms with Crippen LogP contribution in [0.2, 0.25) is 5.02 Å². The molecule has 1 heterocycles. The van der Waals surface area contributed by atoms with Crippen LogP contribution in [-0.4, -0.2) is 26.8 Å². The molecule has 0 amide bonds. The Balaban J connectivity index is 1.91. The molecule has 1 saturated heterocycles. The average Bonchev–Trinajstić information content (AvgIpc) is 2.42. The van der Waals surface area contributed by atoms with Crippen LogP contribution in [0.5, 0.6) is 0 Å². The van der Waals surface area contributed by atoms with E-state index in [1.54, 1.807) is 0 Å². The van der Waals surface area contributed by atoms with E-state index in [-0.39, 0.29) is 22.5 Å². The van der Waals surface area contributed by atoms with E-state index in [1.807, 2.05) is 0 Å². The third-order valence-corrected chi connectivity index (χ3v) is 4.97. The highest BCUT2D eigenvalue weighted by atomic mass is 35.5. The van der Waals surface area contributed by atoms with Crippen molar-refractivity contribution in [2.45, 2.75) is 31.7 Å². The van der Waals surface area contributed by atoms with Crippen LogP contribution in [-0.2, 0) is 10.0 Å². The van der Waals surface area contributed by atoms with Crippen molar-refractivity contribution in [3.63, 3.8) is 0 Å². The summed E-state index contributed by atoms with van der Waals surface area (Å²) in [6.07, 6.45) is 3.84. The molecule has 0 aliphatic carbocycles. The first kappa shape index (κ1) is 15.5. The quantitative estimate of drug-likeness (QED) is 0.877. The summed E-state index contributed by atoms with van der Waals surface area (Å²) in [4.78, 5) is 0.